The van der Waals surface area contributed by atoms with Gasteiger partial charge in [0.05, 0.1) is 43.6 Å². The summed E-state index contributed by atoms with van der Waals surface area (Å²) in [5.41, 5.74) is 0.270. The van der Waals surface area contributed by atoms with Crippen molar-refractivity contribution in [3.05, 3.63) is 54.0 Å². The Morgan fingerprint density at radius 3 is 2.71 bits per heavy atom. The van der Waals surface area contributed by atoms with Crippen LogP contribution in [0.2, 0.25) is 0 Å². The minimum atomic E-state index is -0.511. The first-order chi connectivity index (χ1) is 14.9. The van der Waals surface area contributed by atoms with Gasteiger partial charge in [-0.1, -0.05) is 25.0 Å². The van der Waals surface area contributed by atoms with Crippen LogP contribution in [0.1, 0.15) is 48.7 Å². The average Bonchev–Trinajstić information content (AvgIpc) is 3.30. The van der Waals surface area contributed by atoms with Crippen molar-refractivity contribution in [3.8, 4) is 0 Å². The summed E-state index contributed by atoms with van der Waals surface area (Å²) in [6.45, 7) is 2.23. The van der Waals surface area contributed by atoms with E-state index in [1.807, 2.05) is 6.92 Å². The van der Waals surface area contributed by atoms with Gasteiger partial charge in [-0.2, -0.15) is 0 Å². The van der Waals surface area contributed by atoms with Crippen LogP contribution in [0.5, 0.6) is 0 Å². The van der Waals surface area contributed by atoms with Crippen molar-refractivity contribution in [2.75, 3.05) is 19.0 Å². The highest BCUT2D eigenvalue weighted by molar-refractivity contribution is 6.04. The number of carbonyl (C=O) groups excluding carboxylic acids is 3. The van der Waals surface area contributed by atoms with E-state index in [1.54, 1.807) is 42.7 Å². The molecule has 1 aromatic heterocycles. The van der Waals surface area contributed by atoms with E-state index in [0.717, 1.165) is 25.7 Å². The van der Waals surface area contributed by atoms with Gasteiger partial charge in [0.25, 0.3) is 5.91 Å². The second-order valence-electron chi connectivity index (χ2n) is 7.95. The smallest absolute Gasteiger partial charge is 0.310 e. The molecule has 1 aliphatic rings. The topological polar surface area (TPSA) is 110 Å². The zero-order chi connectivity index (χ0) is 22.3. The molecule has 0 aliphatic heterocycles. The molecule has 2 amide bonds. The van der Waals surface area contributed by atoms with Gasteiger partial charge in [0.1, 0.15) is 5.76 Å². The van der Waals surface area contributed by atoms with Crippen molar-refractivity contribution in [1.29, 1.82) is 0 Å². The van der Waals surface area contributed by atoms with Gasteiger partial charge in [0.15, 0.2) is 0 Å². The van der Waals surface area contributed by atoms with Crippen LogP contribution in [0.15, 0.2) is 47.1 Å². The van der Waals surface area contributed by atoms with Crippen LogP contribution in [-0.2, 0) is 20.9 Å². The summed E-state index contributed by atoms with van der Waals surface area (Å²) in [6, 6.07) is 10.3. The number of benzene rings is 1. The largest absolute Gasteiger partial charge is 0.469 e. The molecular weight excluding hydrogens is 398 g/mol. The van der Waals surface area contributed by atoms with Crippen LogP contribution in [0.3, 0.4) is 0 Å². The normalized spacial score (nSPS) is 20.6. The fourth-order valence-electron chi connectivity index (χ4n) is 4.01. The van der Waals surface area contributed by atoms with Crippen molar-refractivity contribution in [2.24, 2.45) is 5.92 Å². The number of anilines is 1. The highest BCUT2D eigenvalue weighted by atomic mass is 16.5. The highest BCUT2D eigenvalue weighted by Gasteiger charge is 2.41. The van der Waals surface area contributed by atoms with Gasteiger partial charge >= 0.3 is 5.97 Å². The third kappa shape index (κ3) is 5.73. The van der Waals surface area contributed by atoms with E-state index in [9.17, 15) is 14.4 Å². The Bertz CT molecular complexity index is 912. The van der Waals surface area contributed by atoms with Crippen molar-refractivity contribution in [2.45, 2.75) is 44.7 Å². The summed E-state index contributed by atoms with van der Waals surface area (Å²) >= 11 is 0. The molecule has 0 saturated heterocycles. The number of furan rings is 1. The van der Waals surface area contributed by atoms with Gasteiger partial charge in [-0.3, -0.25) is 14.4 Å². The van der Waals surface area contributed by atoms with Crippen LogP contribution in [-0.4, -0.2) is 37.0 Å². The third-order valence-corrected chi connectivity index (χ3v) is 5.80. The highest BCUT2D eigenvalue weighted by Crippen LogP contribution is 2.34. The van der Waals surface area contributed by atoms with Crippen LogP contribution in [0.4, 0.5) is 5.69 Å². The number of ether oxygens (including phenoxy) is 1. The molecule has 3 rings (SSSR count). The van der Waals surface area contributed by atoms with E-state index in [1.165, 1.54) is 7.11 Å². The molecular formula is C23H29N3O5. The molecule has 1 fully saturated rings. The van der Waals surface area contributed by atoms with Gasteiger partial charge in [0, 0.05) is 5.54 Å². The molecule has 8 heteroatoms. The maximum Gasteiger partial charge on any atom is 0.310 e. The molecule has 2 unspecified atom stereocenters. The molecule has 1 aromatic carbocycles. The number of rotatable bonds is 8. The summed E-state index contributed by atoms with van der Waals surface area (Å²) in [7, 11) is 1.39. The molecule has 2 atom stereocenters. The molecule has 2 aromatic rings. The zero-order valence-electron chi connectivity index (χ0n) is 17.9. The summed E-state index contributed by atoms with van der Waals surface area (Å²) in [4.78, 5) is 37.4. The van der Waals surface area contributed by atoms with Crippen LogP contribution in [0.25, 0.3) is 0 Å². The Labute approximate surface area is 181 Å². The fourth-order valence-corrected chi connectivity index (χ4v) is 4.01. The standard InChI is InChI=1S/C23H29N3O5/c1-23(12-6-5-10-18(23)22(29)30-2)25-15-20(27)26-19-11-4-3-9-17(19)21(28)24-14-16-8-7-13-31-16/h3-4,7-9,11,13,18,25H,5-6,10,12,14-15H2,1-2H3,(H,24,28)(H,26,27). The lowest BCUT2D eigenvalue weighted by Crippen LogP contribution is -2.55. The van der Waals surface area contributed by atoms with Crippen LogP contribution >= 0.6 is 0 Å². The van der Waals surface area contributed by atoms with E-state index in [2.05, 4.69) is 16.0 Å². The van der Waals surface area contributed by atoms with E-state index >= 15 is 0 Å². The number of esters is 1. The summed E-state index contributed by atoms with van der Waals surface area (Å²) < 4.78 is 10.2. The number of carbonyl (C=O) groups is 3. The second-order valence-corrected chi connectivity index (χ2v) is 7.95. The maximum atomic E-state index is 12.6. The van der Waals surface area contributed by atoms with Gasteiger partial charge in [-0.05, 0) is 44.0 Å². The molecule has 1 saturated carbocycles. The van der Waals surface area contributed by atoms with Crippen molar-refractivity contribution in [1.82, 2.24) is 10.6 Å². The first kappa shape index (κ1) is 22.6. The lowest BCUT2D eigenvalue weighted by molar-refractivity contribution is -0.150. The molecule has 0 radical (unpaired) electrons. The zero-order valence-corrected chi connectivity index (χ0v) is 17.9. The maximum absolute atomic E-state index is 12.6. The molecule has 0 bridgehead atoms. The summed E-state index contributed by atoms with van der Waals surface area (Å²) in [6.07, 6.45) is 5.00. The first-order valence-corrected chi connectivity index (χ1v) is 10.5. The minimum absolute atomic E-state index is 0.0202. The van der Waals surface area contributed by atoms with Crippen LogP contribution in [0, 0.1) is 5.92 Å². The second kappa shape index (κ2) is 10.3. The predicted molar refractivity (Wildman–Crippen MR) is 115 cm³/mol. The van der Waals surface area contributed by atoms with E-state index in [-0.39, 0.29) is 36.8 Å². The van der Waals surface area contributed by atoms with Crippen molar-refractivity contribution in [3.63, 3.8) is 0 Å². The number of para-hydroxylation sites is 1. The molecule has 8 nitrogen and oxygen atoms in total. The molecule has 0 spiro atoms. The molecule has 1 heterocycles. The quantitative estimate of drug-likeness (QED) is 0.559. The third-order valence-electron chi connectivity index (χ3n) is 5.80. The number of methoxy groups -OCH3 is 1. The summed E-state index contributed by atoms with van der Waals surface area (Å²) in [5, 5.41) is 8.83. The molecule has 3 N–H and O–H groups in total. The van der Waals surface area contributed by atoms with Crippen molar-refractivity contribution >= 4 is 23.5 Å². The Morgan fingerprint density at radius 2 is 1.97 bits per heavy atom. The Balaban J connectivity index is 1.60. The summed E-state index contributed by atoms with van der Waals surface area (Å²) in [5.74, 6) is -0.515. The number of nitrogens with one attached hydrogen (secondary N) is 3. The Morgan fingerprint density at radius 1 is 1.16 bits per heavy atom. The Hall–Kier alpha value is -3.13. The number of hydrogen-bond acceptors (Lipinski definition) is 6. The first-order valence-electron chi connectivity index (χ1n) is 10.5. The molecule has 166 valence electrons. The van der Waals surface area contributed by atoms with Crippen molar-refractivity contribution < 1.29 is 23.5 Å². The molecule has 1 aliphatic carbocycles. The van der Waals surface area contributed by atoms with Gasteiger partial charge in [-0.15, -0.1) is 0 Å². The van der Waals surface area contributed by atoms with Gasteiger partial charge in [0.2, 0.25) is 5.91 Å². The number of hydrogen-bond donors (Lipinski definition) is 3. The predicted octanol–water partition coefficient (Wildman–Crippen LogP) is 2.86. The minimum Gasteiger partial charge on any atom is -0.469 e. The monoisotopic (exact) mass is 427 g/mol. The Kier molecular flexibility index (Phi) is 7.46. The molecule has 31 heavy (non-hydrogen) atoms. The lowest BCUT2D eigenvalue weighted by Gasteiger charge is -2.40. The average molecular weight is 428 g/mol. The fraction of sp³-hybridized carbons (Fsp3) is 0.435. The van der Waals surface area contributed by atoms with Crippen LogP contribution < -0.4 is 16.0 Å². The van der Waals surface area contributed by atoms with Gasteiger partial charge in [-0.25, -0.2) is 0 Å². The van der Waals surface area contributed by atoms with E-state index in [4.69, 9.17) is 9.15 Å². The van der Waals surface area contributed by atoms with E-state index < -0.39 is 5.54 Å². The van der Waals surface area contributed by atoms with E-state index in [0.29, 0.717) is 17.0 Å². The van der Waals surface area contributed by atoms with Gasteiger partial charge < -0.3 is 25.1 Å². The number of amides is 2. The lowest BCUT2D eigenvalue weighted by atomic mass is 9.74. The SMILES string of the molecule is COC(=O)C1CCCCC1(C)NCC(=O)Nc1ccccc1C(=O)NCc1ccco1.